The molecule has 1 atom stereocenters. The minimum absolute atomic E-state index is 0.114. The third kappa shape index (κ3) is 2.26. The van der Waals surface area contributed by atoms with Gasteiger partial charge in [-0.2, -0.15) is 0 Å². The molecule has 0 saturated carbocycles. The van der Waals surface area contributed by atoms with Crippen molar-refractivity contribution in [3.8, 4) is 0 Å². The molecule has 0 radical (unpaired) electrons. The van der Waals surface area contributed by atoms with E-state index in [4.69, 9.17) is 11.6 Å². The first-order valence-corrected chi connectivity index (χ1v) is 5.70. The number of rotatable bonds is 1. The molecule has 3 nitrogen and oxygen atoms in total. The summed E-state index contributed by atoms with van der Waals surface area (Å²) in [5.74, 6) is 0.114. The Bertz CT molecular complexity index is 339. The number of carbonyl (C=O) groups excluding carboxylic acids is 1. The van der Waals surface area contributed by atoms with Crippen molar-refractivity contribution >= 4 is 28.8 Å². The van der Waals surface area contributed by atoms with E-state index >= 15 is 0 Å². The summed E-state index contributed by atoms with van der Waals surface area (Å²) in [7, 11) is 0. The fraction of sp³-hybridized carbons (Fsp3) is 0.444. The zero-order chi connectivity index (χ0) is 9.97. The first kappa shape index (κ1) is 9.96. The molecule has 5 heteroatoms. The van der Waals surface area contributed by atoms with Crippen molar-refractivity contribution in [1.29, 1.82) is 0 Å². The van der Waals surface area contributed by atoms with E-state index in [0.29, 0.717) is 13.0 Å². The largest absolute Gasteiger partial charge is 0.354 e. The molecule has 1 aromatic rings. The Morgan fingerprint density at radius 3 is 3.07 bits per heavy atom. The third-order valence-electron chi connectivity index (χ3n) is 2.18. The summed E-state index contributed by atoms with van der Waals surface area (Å²) in [6.45, 7) is 1.38. The molecule has 1 unspecified atom stereocenters. The summed E-state index contributed by atoms with van der Waals surface area (Å²) in [6, 6.07) is 4.09. The highest BCUT2D eigenvalue weighted by molar-refractivity contribution is 7.16. The van der Waals surface area contributed by atoms with Gasteiger partial charge in [-0.3, -0.25) is 4.79 Å². The molecule has 2 heterocycles. The van der Waals surface area contributed by atoms with Crippen molar-refractivity contribution in [1.82, 2.24) is 10.6 Å². The van der Waals surface area contributed by atoms with Crippen molar-refractivity contribution in [2.24, 2.45) is 0 Å². The van der Waals surface area contributed by atoms with Gasteiger partial charge < -0.3 is 10.6 Å². The number of carbonyl (C=O) groups is 1. The minimum atomic E-state index is 0.114. The molecule has 2 N–H and O–H groups in total. The van der Waals surface area contributed by atoms with Gasteiger partial charge in [0.2, 0.25) is 5.91 Å². The normalized spacial score (nSPS) is 22.9. The van der Waals surface area contributed by atoms with Gasteiger partial charge in [-0.05, 0) is 12.1 Å². The standard InChI is InChI=1S/C9H11ClN2OS/c10-8-2-1-7(14-8)6-5-12-9(13)3-4-11-6/h1-2,6,11H,3-5H2,(H,12,13). The monoisotopic (exact) mass is 230 g/mol. The average Bonchev–Trinajstić information content (AvgIpc) is 2.46. The van der Waals surface area contributed by atoms with Crippen molar-refractivity contribution in [2.45, 2.75) is 12.5 Å². The summed E-state index contributed by atoms with van der Waals surface area (Å²) in [6.07, 6.45) is 0.551. The molecule has 0 aliphatic carbocycles. The van der Waals surface area contributed by atoms with Crippen LogP contribution in [0.3, 0.4) is 0 Å². The Labute approximate surface area is 91.5 Å². The lowest BCUT2D eigenvalue weighted by atomic mass is 10.2. The minimum Gasteiger partial charge on any atom is -0.354 e. The second kappa shape index (κ2) is 4.29. The van der Waals surface area contributed by atoms with Crippen LogP contribution >= 0.6 is 22.9 Å². The Balaban J connectivity index is 2.07. The van der Waals surface area contributed by atoms with Crippen LogP contribution in [0.5, 0.6) is 0 Å². The van der Waals surface area contributed by atoms with Crippen LogP contribution in [0.15, 0.2) is 12.1 Å². The van der Waals surface area contributed by atoms with Crippen LogP contribution in [0.2, 0.25) is 4.34 Å². The van der Waals surface area contributed by atoms with E-state index in [2.05, 4.69) is 10.6 Å². The molecule has 2 rings (SSSR count). The van der Waals surface area contributed by atoms with Gasteiger partial charge in [-0.15, -0.1) is 11.3 Å². The number of hydrogen-bond acceptors (Lipinski definition) is 3. The van der Waals surface area contributed by atoms with Crippen LogP contribution in [0.1, 0.15) is 17.3 Å². The van der Waals surface area contributed by atoms with Crippen LogP contribution in [-0.2, 0) is 4.79 Å². The van der Waals surface area contributed by atoms with Crippen LogP contribution < -0.4 is 10.6 Å². The molecule has 1 aliphatic heterocycles. The van der Waals surface area contributed by atoms with Gasteiger partial charge in [0.1, 0.15) is 0 Å². The van der Waals surface area contributed by atoms with Crippen LogP contribution in [-0.4, -0.2) is 19.0 Å². The molecular formula is C9H11ClN2OS. The van der Waals surface area contributed by atoms with Crippen molar-refractivity contribution in [3.05, 3.63) is 21.3 Å². The zero-order valence-corrected chi connectivity index (χ0v) is 9.12. The van der Waals surface area contributed by atoms with Gasteiger partial charge in [0.15, 0.2) is 0 Å². The number of nitrogens with one attached hydrogen (secondary N) is 2. The van der Waals surface area contributed by atoms with Crippen LogP contribution in [0.4, 0.5) is 0 Å². The van der Waals surface area contributed by atoms with Gasteiger partial charge in [-0.25, -0.2) is 0 Å². The van der Waals surface area contributed by atoms with E-state index in [1.54, 1.807) is 11.3 Å². The molecule has 1 aliphatic rings. The predicted octanol–water partition coefficient (Wildman–Crippen LogP) is 1.55. The first-order valence-electron chi connectivity index (χ1n) is 4.51. The van der Waals surface area contributed by atoms with Crippen molar-refractivity contribution < 1.29 is 4.79 Å². The molecule has 14 heavy (non-hydrogen) atoms. The van der Waals surface area contributed by atoms with Crippen LogP contribution in [0.25, 0.3) is 0 Å². The Morgan fingerprint density at radius 1 is 1.50 bits per heavy atom. The fourth-order valence-corrected chi connectivity index (χ4v) is 2.59. The fourth-order valence-electron chi connectivity index (χ4n) is 1.45. The van der Waals surface area contributed by atoms with E-state index in [9.17, 15) is 4.79 Å². The quantitative estimate of drug-likeness (QED) is 0.769. The number of halogens is 1. The Morgan fingerprint density at radius 2 is 2.36 bits per heavy atom. The summed E-state index contributed by atoms with van der Waals surface area (Å²) < 4.78 is 0.789. The van der Waals surface area contributed by atoms with E-state index < -0.39 is 0 Å². The lowest BCUT2D eigenvalue weighted by Gasteiger charge is -2.12. The predicted molar refractivity (Wildman–Crippen MR) is 57.7 cm³/mol. The highest BCUT2D eigenvalue weighted by Crippen LogP contribution is 2.26. The number of hydrogen-bond donors (Lipinski definition) is 2. The maximum atomic E-state index is 11.1. The molecule has 1 amide bonds. The highest BCUT2D eigenvalue weighted by atomic mass is 35.5. The van der Waals surface area contributed by atoms with Crippen LogP contribution in [0, 0.1) is 0 Å². The Kier molecular flexibility index (Phi) is 3.05. The number of amides is 1. The molecule has 1 fully saturated rings. The second-order valence-corrected chi connectivity index (χ2v) is 4.95. The van der Waals surface area contributed by atoms with Gasteiger partial charge in [0.25, 0.3) is 0 Å². The lowest BCUT2D eigenvalue weighted by molar-refractivity contribution is -0.120. The van der Waals surface area contributed by atoms with Gasteiger partial charge in [-0.1, -0.05) is 11.6 Å². The maximum Gasteiger partial charge on any atom is 0.221 e. The van der Waals surface area contributed by atoms with Crippen molar-refractivity contribution in [3.63, 3.8) is 0 Å². The lowest BCUT2D eigenvalue weighted by Crippen LogP contribution is -2.28. The third-order valence-corrected chi connectivity index (χ3v) is 3.53. The molecular weight excluding hydrogens is 220 g/mol. The molecule has 1 aromatic heterocycles. The molecule has 0 bridgehead atoms. The van der Waals surface area contributed by atoms with E-state index in [0.717, 1.165) is 10.9 Å². The van der Waals surface area contributed by atoms with E-state index in [1.165, 1.54) is 4.88 Å². The van der Waals surface area contributed by atoms with E-state index in [1.807, 2.05) is 12.1 Å². The molecule has 0 spiro atoms. The first-order chi connectivity index (χ1) is 6.75. The topological polar surface area (TPSA) is 41.1 Å². The summed E-state index contributed by atoms with van der Waals surface area (Å²) in [5.41, 5.74) is 0. The highest BCUT2D eigenvalue weighted by Gasteiger charge is 2.17. The Hall–Kier alpha value is -0.580. The second-order valence-electron chi connectivity index (χ2n) is 3.20. The zero-order valence-electron chi connectivity index (χ0n) is 7.55. The summed E-state index contributed by atoms with van der Waals surface area (Å²) in [5, 5.41) is 6.17. The van der Waals surface area contributed by atoms with E-state index in [-0.39, 0.29) is 11.9 Å². The molecule has 0 aromatic carbocycles. The van der Waals surface area contributed by atoms with Gasteiger partial charge in [0.05, 0.1) is 10.4 Å². The van der Waals surface area contributed by atoms with Crippen molar-refractivity contribution in [2.75, 3.05) is 13.1 Å². The number of thiophene rings is 1. The SMILES string of the molecule is O=C1CCNC(c2ccc(Cl)s2)CN1. The summed E-state index contributed by atoms with van der Waals surface area (Å²) in [4.78, 5) is 12.3. The maximum absolute atomic E-state index is 11.1. The molecule has 1 saturated heterocycles. The smallest absolute Gasteiger partial charge is 0.221 e. The average molecular weight is 231 g/mol. The van der Waals surface area contributed by atoms with Gasteiger partial charge in [0, 0.05) is 24.4 Å². The van der Waals surface area contributed by atoms with Gasteiger partial charge >= 0.3 is 0 Å². The molecule has 76 valence electrons. The summed E-state index contributed by atoms with van der Waals surface area (Å²) >= 11 is 7.41.